The second-order valence-electron chi connectivity index (χ2n) is 3.03. The summed E-state index contributed by atoms with van der Waals surface area (Å²) in [5.74, 6) is 0. The number of hydrogen-bond acceptors (Lipinski definition) is 3. The first-order valence-electron chi connectivity index (χ1n) is 4.08. The Kier molecular flexibility index (Phi) is 3.06. The van der Waals surface area contributed by atoms with Gasteiger partial charge in [0.05, 0.1) is 10.5 Å². The lowest BCUT2D eigenvalue weighted by Crippen LogP contribution is -1.95. The predicted molar refractivity (Wildman–Crippen MR) is 67.8 cm³/mol. The van der Waals surface area contributed by atoms with Crippen LogP contribution in [0.4, 0.5) is 3.89 Å². The van der Waals surface area contributed by atoms with E-state index in [9.17, 15) is 12.3 Å². The smallest absolute Gasteiger partial charge is 0.254 e. The van der Waals surface area contributed by atoms with E-state index in [0.29, 0.717) is 8.59 Å². The van der Waals surface area contributed by atoms with Gasteiger partial charge in [-0.05, 0) is 40.8 Å². The van der Waals surface area contributed by atoms with Gasteiger partial charge in [0, 0.05) is 15.2 Å². The van der Waals surface area contributed by atoms with Crippen molar-refractivity contribution >= 4 is 55.3 Å². The Bertz CT molecular complexity index is 675. The fraction of sp³-hybridized carbons (Fsp3) is 0. The Labute approximate surface area is 110 Å². The van der Waals surface area contributed by atoms with E-state index in [4.69, 9.17) is 11.6 Å². The molecular formula is C9H4ClFINO2S. The molecule has 0 N–H and O–H groups in total. The number of pyridine rings is 1. The topological polar surface area (TPSA) is 47.0 Å². The Morgan fingerprint density at radius 2 is 2.06 bits per heavy atom. The van der Waals surface area contributed by atoms with E-state index >= 15 is 0 Å². The van der Waals surface area contributed by atoms with Gasteiger partial charge >= 0.3 is 10.2 Å². The monoisotopic (exact) mass is 371 g/mol. The molecule has 0 aliphatic heterocycles. The lowest BCUT2D eigenvalue weighted by atomic mass is 10.2. The summed E-state index contributed by atoms with van der Waals surface area (Å²) in [4.78, 5) is 3.58. The van der Waals surface area contributed by atoms with Crippen LogP contribution < -0.4 is 0 Å². The molecule has 1 heterocycles. The molecule has 3 nitrogen and oxygen atoms in total. The van der Waals surface area contributed by atoms with E-state index in [2.05, 4.69) is 4.98 Å². The van der Waals surface area contributed by atoms with Crippen molar-refractivity contribution in [3.63, 3.8) is 0 Å². The molecule has 2 rings (SSSR count). The van der Waals surface area contributed by atoms with Crippen molar-refractivity contribution in [2.45, 2.75) is 4.90 Å². The molecule has 0 amide bonds. The van der Waals surface area contributed by atoms with Crippen molar-refractivity contribution in [1.29, 1.82) is 0 Å². The van der Waals surface area contributed by atoms with Crippen molar-refractivity contribution in [3.8, 4) is 0 Å². The zero-order chi connectivity index (χ0) is 11.9. The summed E-state index contributed by atoms with van der Waals surface area (Å²) in [6, 6.07) is 3.98. The molecule has 16 heavy (non-hydrogen) atoms. The molecule has 1 aromatic heterocycles. The molecule has 7 heteroatoms. The third-order valence-corrected chi connectivity index (χ3v) is 3.77. The fourth-order valence-electron chi connectivity index (χ4n) is 1.35. The predicted octanol–water partition coefficient (Wildman–Crippen LogP) is 3.15. The molecule has 1 aromatic carbocycles. The number of aromatic nitrogens is 1. The Morgan fingerprint density at radius 1 is 1.38 bits per heavy atom. The van der Waals surface area contributed by atoms with E-state index in [0.717, 1.165) is 6.07 Å². The maximum atomic E-state index is 13.0. The molecule has 0 unspecified atom stereocenters. The van der Waals surface area contributed by atoms with Crippen LogP contribution in [0.15, 0.2) is 29.3 Å². The van der Waals surface area contributed by atoms with E-state index < -0.39 is 15.1 Å². The highest BCUT2D eigenvalue weighted by atomic mass is 127. The van der Waals surface area contributed by atoms with Crippen LogP contribution in [0.3, 0.4) is 0 Å². The van der Waals surface area contributed by atoms with Gasteiger partial charge in [0.25, 0.3) is 0 Å². The standard InChI is InChI=1S/C9H4ClFINO2S/c10-7-1-2-8(16(11,14)15)6-3-5(12)4-13-9(6)7/h1-4H. The molecule has 0 spiro atoms. The molecule has 0 radical (unpaired) electrons. The molecule has 0 bridgehead atoms. The summed E-state index contributed by atoms with van der Waals surface area (Å²) < 4.78 is 35.6. The van der Waals surface area contributed by atoms with E-state index in [1.54, 1.807) is 0 Å². The normalized spacial score (nSPS) is 11.9. The number of rotatable bonds is 1. The van der Waals surface area contributed by atoms with Gasteiger partial charge in [-0.1, -0.05) is 11.6 Å². The molecule has 0 atom stereocenters. The average molecular weight is 372 g/mol. The Balaban J connectivity index is 2.98. The highest BCUT2D eigenvalue weighted by Gasteiger charge is 2.17. The summed E-state index contributed by atoms with van der Waals surface area (Å²) in [6.45, 7) is 0. The highest BCUT2D eigenvalue weighted by Crippen LogP contribution is 2.29. The van der Waals surface area contributed by atoms with Crippen LogP contribution in [0.1, 0.15) is 0 Å². The van der Waals surface area contributed by atoms with Crippen LogP contribution in [-0.4, -0.2) is 13.4 Å². The minimum atomic E-state index is -4.76. The quantitative estimate of drug-likeness (QED) is 0.571. The number of halogens is 3. The summed E-state index contributed by atoms with van der Waals surface area (Å²) in [5, 5.41) is 0.487. The van der Waals surface area contributed by atoms with Crippen molar-refractivity contribution in [1.82, 2.24) is 4.98 Å². The van der Waals surface area contributed by atoms with Crippen LogP contribution in [0, 0.1) is 3.57 Å². The van der Waals surface area contributed by atoms with Crippen molar-refractivity contribution in [3.05, 3.63) is 33.0 Å². The van der Waals surface area contributed by atoms with Gasteiger partial charge in [-0.25, -0.2) is 0 Å². The fourth-order valence-corrected chi connectivity index (χ4v) is 2.66. The maximum absolute atomic E-state index is 13.0. The van der Waals surface area contributed by atoms with Crippen molar-refractivity contribution in [2.75, 3.05) is 0 Å². The molecule has 0 aliphatic carbocycles. The molecule has 0 saturated heterocycles. The zero-order valence-corrected chi connectivity index (χ0v) is 11.3. The number of hydrogen-bond donors (Lipinski definition) is 0. The van der Waals surface area contributed by atoms with Gasteiger partial charge in [-0.3, -0.25) is 4.98 Å². The third-order valence-electron chi connectivity index (χ3n) is 1.99. The number of fused-ring (bicyclic) bond motifs is 1. The number of benzene rings is 1. The molecule has 0 saturated carbocycles. The second-order valence-corrected chi connectivity index (χ2v) is 6.00. The van der Waals surface area contributed by atoms with E-state index in [1.807, 2.05) is 22.6 Å². The van der Waals surface area contributed by atoms with E-state index in [-0.39, 0.29) is 10.9 Å². The minimum Gasteiger partial charge on any atom is -0.254 e. The largest absolute Gasteiger partial charge is 0.332 e. The van der Waals surface area contributed by atoms with Gasteiger partial charge in [0.1, 0.15) is 4.90 Å². The van der Waals surface area contributed by atoms with Gasteiger partial charge in [0.15, 0.2) is 0 Å². The van der Waals surface area contributed by atoms with Crippen LogP contribution >= 0.6 is 34.2 Å². The first kappa shape index (κ1) is 12.0. The van der Waals surface area contributed by atoms with Crippen LogP contribution in [0.2, 0.25) is 5.02 Å². The third kappa shape index (κ3) is 2.14. The van der Waals surface area contributed by atoms with Gasteiger partial charge in [0.2, 0.25) is 0 Å². The lowest BCUT2D eigenvalue weighted by Gasteiger charge is -2.04. The molecular weight excluding hydrogens is 368 g/mol. The van der Waals surface area contributed by atoms with Gasteiger partial charge < -0.3 is 0 Å². The second kappa shape index (κ2) is 4.08. The Morgan fingerprint density at radius 3 is 2.69 bits per heavy atom. The highest BCUT2D eigenvalue weighted by molar-refractivity contribution is 14.1. The van der Waals surface area contributed by atoms with Gasteiger partial charge in [-0.2, -0.15) is 8.42 Å². The SMILES string of the molecule is O=S(=O)(F)c1ccc(Cl)c2ncc(I)cc12. The van der Waals surface area contributed by atoms with Crippen LogP contribution in [0.5, 0.6) is 0 Å². The van der Waals surface area contributed by atoms with E-state index in [1.165, 1.54) is 18.3 Å². The molecule has 0 aliphatic rings. The average Bonchev–Trinajstić information content (AvgIpc) is 2.15. The lowest BCUT2D eigenvalue weighted by molar-refractivity contribution is 0.553. The van der Waals surface area contributed by atoms with Crippen molar-refractivity contribution < 1.29 is 12.3 Å². The Hall–Kier alpha value is -0.470. The summed E-state index contributed by atoms with van der Waals surface area (Å²) >= 11 is 7.81. The summed E-state index contributed by atoms with van der Waals surface area (Å²) in [7, 11) is -4.76. The molecule has 2 aromatic rings. The zero-order valence-electron chi connectivity index (χ0n) is 7.62. The summed E-state index contributed by atoms with van der Waals surface area (Å²) in [6.07, 6.45) is 1.53. The molecule has 84 valence electrons. The minimum absolute atomic E-state index is 0.196. The molecule has 0 fully saturated rings. The number of nitrogens with zero attached hydrogens (tertiary/aromatic N) is 1. The first-order chi connectivity index (χ1) is 7.39. The van der Waals surface area contributed by atoms with Gasteiger partial charge in [-0.15, -0.1) is 3.89 Å². The summed E-state index contributed by atoms with van der Waals surface area (Å²) in [5.41, 5.74) is 0.279. The maximum Gasteiger partial charge on any atom is 0.332 e. The van der Waals surface area contributed by atoms with Crippen LogP contribution in [0.25, 0.3) is 10.9 Å². The van der Waals surface area contributed by atoms with Crippen molar-refractivity contribution in [2.24, 2.45) is 0 Å². The van der Waals surface area contributed by atoms with Crippen LogP contribution in [-0.2, 0) is 10.2 Å². The first-order valence-corrected chi connectivity index (χ1v) is 6.92.